The third-order valence-electron chi connectivity index (χ3n) is 2.95. The van der Waals surface area contributed by atoms with E-state index >= 15 is 0 Å². The Kier molecular flexibility index (Phi) is 3.99. The molecule has 4 nitrogen and oxygen atoms in total. The number of imidazole rings is 1. The standard InChI is InChI=1S/C14H19N3O/c1-11(2)17-10-15-7-13(17)8-16-14-6-4-3-5-12(14)9-18/h3-7,10-11,16,18H,8-9H2,1-2H3. The van der Waals surface area contributed by atoms with E-state index in [4.69, 9.17) is 0 Å². The monoisotopic (exact) mass is 245 g/mol. The summed E-state index contributed by atoms with van der Waals surface area (Å²) in [5.41, 5.74) is 3.02. The van der Waals surface area contributed by atoms with E-state index < -0.39 is 0 Å². The third-order valence-corrected chi connectivity index (χ3v) is 2.95. The zero-order valence-electron chi connectivity index (χ0n) is 10.8. The molecule has 0 radical (unpaired) electrons. The van der Waals surface area contributed by atoms with Crippen molar-refractivity contribution in [2.24, 2.45) is 0 Å². The number of benzene rings is 1. The van der Waals surface area contributed by atoms with E-state index in [2.05, 4.69) is 28.7 Å². The molecule has 0 saturated carbocycles. The molecule has 2 aromatic rings. The molecule has 0 unspecified atom stereocenters. The molecule has 0 spiro atoms. The van der Waals surface area contributed by atoms with Crippen molar-refractivity contribution in [2.75, 3.05) is 5.32 Å². The van der Waals surface area contributed by atoms with Gasteiger partial charge in [-0.2, -0.15) is 0 Å². The Hall–Kier alpha value is -1.81. The number of hydrogen-bond donors (Lipinski definition) is 2. The number of aliphatic hydroxyl groups excluding tert-OH is 1. The van der Waals surface area contributed by atoms with Crippen LogP contribution in [-0.2, 0) is 13.2 Å². The SMILES string of the molecule is CC(C)n1cncc1CNc1ccccc1CO. The summed E-state index contributed by atoms with van der Waals surface area (Å²) in [4.78, 5) is 4.17. The number of hydrogen-bond acceptors (Lipinski definition) is 3. The molecule has 2 rings (SSSR count). The topological polar surface area (TPSA) is 50.1 Å². The molecular formula is C14H19N3O. The fraction of sp³-hybridized carbons (Fsp3) is 0.357. The second-order valence-corrected chi connectivity index (χ2v) is 4.55. The average Bonchev–Trinajstić information content (AvgIpc) is 2.85. The van der Waals surface area contributed by atoms with Gasteiger partial charge in [0.25, 0.3) is 0 Å². The fourth-order valence-corrected chi connectivity index (χ4v) is 1.95. The summed E-state index contributed by atoms with van der Waals surface area (Å²) in [6.07, 6.45) is 3.72. The summed E-state index contributed by atoms with van der Waals surface area (Å²) < 4.78 is 2.13. The maximum absolute atomic E-state index is 9.26. The van der Waals surface area contributed by atoms with Crippen molar-refractivity contribution in [3.05, 3.63) is 48.0 Å². The van der Waals surface area contributed by atoms with Gasteiger partial charge >= 0.3 is 0 Å². The molecule has 0 fully saturated rings. The highest BCUT2D eigenvalue weighted by Gasteiger charge is 2.06. The first kappa shape index (κ1) is 12.6. The minimum absolute atomic E-state index is 0.0482. The summed E-state index contributed by atoms with van der Waals surface area (Å²) >= 11 is 0. The third kappa shape index (κ3) is 2.71. The molecule has 4 heteroatoms. The Morgan fingerprint density at radius 2 is 2.11 bits per heavy atom. The quantitative estimate of drug-likeness (QED) is 0.851. The van der Waals surface area contributed by atoms with Gasteiger partial charge in [-0.3, -0.25) is 0 Å². The van der Waals surface area contributed by atoms with Crippen LogP contribution < -0.4 is 5.32 Å². The minimum atomic E-state index is 0.0482. The highest BCUT2D eigenvalue weighted by Crippen LogP contribution is 2.17. The lowest BCUT2D eigenvalue weighted by molar-refractivity contribution is 0.282. The van der Waals surface area contributed by atoms with Crippen molar-refractivity contribution in [2.45, 2.75) is 33.0 Å². The van der Waals surface area contributed by atoms with Crippen LogP contribution in [0.2, 0.25) is 0 Å². The Morgan fingerprint density at radius 1 is 1.33 bits per heavy atom. The first-order valence-electron chi connectivity index (χ1n) is 6.15. The molecule has 1 heterocycles. The Bertz CT molecular complexity index is 505. The van der Waals surface area contributed by atoms with Crippen molar-refractivity contribution in [1.29, 1.82) is 0 Å². The Balaban J connectivity index is 2.09. The van der Waals surface area contributed by atoms with Gasteiger partial charge in [0, 0.05) is 23.5 Å². The number of aliphatic hydroxyl groups is 1. The molecule has 0 aliphatic carbocycles. The van der Waals surface area contributed by atoms with Crippen LogP contribution in [0.15, 0.2) is 36.8 Å². The molecule has 0 atom stereocenters. The van der Waals surface area contributed by atoms with Gasteiger partial charge in [-0.25, -0.2) is 4.98 Å². The molecule has 0 saturated heterocycles. The van der Waals surface area contributed by atoms with Crippen LogP contribution >= 0.6 is 0 Å². The highest BCUT2D eigenvalue weighted by molar-refractivity contribution is 5.50. The van der Waals surface area contributed by atoms with E-state index in [0.717, 1.165) is 16.9 Å². The average molecular weight is 245 g/mol. The van der Waals surface area contributed by atoms with Gasteiger partial charge in [0.15, 0.2) is 0 Å². The van der Waals surface area contributed by atoms with Gasteiger partial charge in [0.2, 0.25) is 0 Å². The largest absolute Gasteiger partial charge is 0.392 e. The second-order valence-electron chi connectivity index (χ2n) is 4.55. The van der Waals surface area contributed by atoms with Crippen LogP contribution in [0.1, 0.15) is 31.1 Å². The molecule has 1 aromatic heterocycles. The lowest BCUT2D eigenvalue weighted by Crippen LogP contribution is -2.09. The van der Waals surface area contributed by atoms with Crippen molar-refractivity contribution in [3.8, 4) is 0 Å². The summed E-state index contributed by atoms with van der Waals surface area (Å²) in [6.45, 7) is 5.02. The summed E-state index contributed by atoms with van der Waals surface area (Å²) in [6, 6.07) is 8.18. The van der Waals surface area contributed by atoms with Gasteiger partial charge < -0.3 is 15.0 Å². The Labute approximate surface area is 107 Å². The van der Waals surface area contributed by atoms with E-state index in [1.165, 1.54) is 0 Å². The van der Waals surface area contributed by atoms with Crippen LogP contribution in [0.4, 0.5) is 5.69 Å². The predicted octanol–water partition coefficient (Wildman–Crippen LogP) is 2.57. The number of rotatable bonds is 5. The predicted molar refractivity (Wildman–Crippen MR) is 72.3 cm³/mol. The lowest BCUT2D eigenvalue weighted by Gasteiger charge is -2.14. The molecule has 2 N–H and O–H groups in total. The summed E-state index contributed by atoms with van der Waals surface area (Å²) in [5, 5.41) is 12.6. The zero-order valence-corrected chi connectivity index (χ0v) is 10.8. The van der Waals surface area contributed by atoms with Crippen LogP contribution in [0, 0.1) is 0 Å². The fourth-order valence-electron chi connectivity index (χ4n) is 1.95. The van der Waals surface area contributed by atoms with Crippen molar-refractivity contribution >= 4 is 5.69 Å². The molecule has 0 amide bonds. The molecule has 0 aliphatic heterocycles. The van der Waals surface area contributed by atoms with E-state index in [9.17, 15) is 5.11 Å². The Morgan fingerprint density at radius 3 is 2.83 bits per heavy atom. The molecule has 96 valence electrons. The number of para-hydroxylation sites is 1. The summed E-state index contributed by atoms with van der Waals surface area (Å²) in [7, 11) is 0. The first-order valence-corrected chi connectivity index (χ1v) is 6.15. The molecular weight excluding hydrogens is 226 g/mol. The zero-order chi connectivity index (χ0) is 13.0. The number of nitrogens with one attached hydrogen (secondary N) is 1. The van der Waals surface area contributed by atoms with Gasteiger partial charge in [-0.05, 0) is 19.9 Å². The van der Waals surface area contributed by atoms with E-state index in [1.807, 2.05) is 36.8 Å². The molecule has 18 heavy (non-hydrogen) atoms. The number of nitrogens with zero attached hydrogens (tertiary/aromatic N) is 2. The van der Waals surface area contributed by atoms with Crippen molar-refractivity contribution in [3.63, 3.8) is 0 Å². The number of anilines is 1. The first-order chi connectivity index (χ1) is 8.72. The van der Waals surface area contributed by atoms with Crippen LogP contribution in [0.3, 0.4) is 0 Å². The van der Waals surface area contributed by atoms with Gasteiger partial charge in [-0.15, -0.1) is 0 Å². The van der Waals surface area contributed by atoms with Crippen LogP contribution in [-0.4, -0.2) is 14.7 Å². The van der Waals surface area contributed by atoms with Gasteiger partial charge in [0.05, 0.1) is 25.2 Å². The normalized spacial score (nSPS) is 10.9. The molecule has 0 bridgehead atoms. The van der Waals surface area contributed by atoms with Crippen molar-refractivity contribution in [1.82, 2.24) is 9.55 Å². The highest BCUT2D eigenvalue weighted by atomic mass is 16.3. The van der Waals surface area contributed by atoms with E-state index in [0.29, 0.717) is 12.6 Å². The minimum Gasteiger partial charge on any atom is -0.392 e. The smallest absolute Gasteiger partial charge is 0.0951 e. The van der Waals surface area contributed by atoms with Crippen LogP contribution in [0.25, 0.3) is 0 Å². The van der Waals surface area contributed by atoms with Crippen LogP contribution in [0.5, 0.6) is 0 Å². The van der Waals surface area contributed by atoms with Crippen molar-refractivity contribution < 1.29 is 5.11 Å². The maximum Gasteiger partial charge on any atom is 0.0951 e. The molecule has 1 aromatic carbocycles. The van der Waals surface area contributed by atoms with Gasteiger partial charge in [0.1, 0.15) is 0 Å². The molecule has 0 aliphatic rings. The maximum atomic E-state index is 9.26. The lowest BCUT2D eigenvalue weighted by atomic mass is 10.2. The summed E-state index contributed by atoms with van der Waals surface area (Å²) in [5.74, 6) is 0. The van der Waals surface area contributed by atoms with Gasteiger partial charge in [-0.1, -0.05) is 18.2 Å². The number of aromatic nitrogens is 2. The van der Waals surface area contributed by atoms with E-state index in [1.54, 1.807) is 0 Å². The second kappa shape index (κ2) is 5.69. The van der Waals surface area contributed by atoms with E-state index in [-0.39, 0.29) is 6.61 Å².